The maximum absolute atomic E-state index is 11.9. The van der Waals surface area contributed by atoms with Crippen LogP contribution in [0.2, 0.25) is 5.02 Å². The molecule has 7 heteroatoms. The average molecular weight is 317 g/mol. The van der Waals surface area contributed by atoms with Crippen LogP contribution in [0.5, 0.6) is 0 Å². The van der Waals surface area contributed by atoms with Crippen molar-refractivity contribution in [1.82, 2.24) is 5.32 Å². The van der Waals surface area contributed by atoms with Crippen LogP contribution in [-0.4, -0.2) is 37.2 Å². The van der Waals surface area contributed by atoms with Crippen molar-refractivity contribution in [3.8, 4) is 0 Å². The van der Waals surface area contributed by atoms with Crippen molar-refractivity contribution in [3.05, 3.63) is 29.3 Å². The molecule has 1 aromatic rings. The molecule has 0 bridgehead atoms. The fraction of sp³-hybridized carbons (Fsp3) is 0.385. The molecule has 0 aromatic heterocycles. The topological polar surface area (TPSA) is 67.4 Å². The lowest BCUT2D eigenvalue weighted by Crippen LogP contribution is -2.44. The SMILES string of the molecule is COC(=O)C(CCSC)NC(=O)Nc1ccccc1Cl. The molecule has 1 unspecified atom stereocenters. The zero-order valence-corrected chi connectivity index (χ0v) is 12.9. The Kier molecular flexibility index (Phi) is 7.25. The predicted molar refractivity (Wildman–Crippen MR) is 82.4 cm³/mol. The summed E-state index contributed by atoms with van der Waals surface area (Å²) in [5, 5.41) is 5.61. The first-order valence-electron chi connectivity index (χ1n) is 5.97. The van der Waals surface area contributed by atoms with Gasteiger partial charge in [-0.15, -0.1) is 0 Å². The minimum absolute atomic E-state index is 0.432. The molecule has 1 rings (SSSR count). The Morgan fingerprint density at radius 1 is 1.40 bits per heavy atom. The van der Waals surface area contributed by atoms with Crippen LogP contribution < -0.4 is 10.6 Å². The number of hydrogen-bond acceptors (Lipinski definition) is 4. The largest absolute Gasteiger partial charge is 0.467 e. The number of carbonyl (C=O) groups excluding carboxylic acids is 2. The molecule has 0 aliphatic rings. The summed E-state index contributed by atoms with van der Waals surface area (Å²) in [6.07, 6.45) is 2.43. The molecular formula is C13H17ClN2O3S. The van der Waals surface area contributed by atoms with Crippen molar-refractivity contribution >= 4 is 41.1 Å². The number of nitrogens with one attached hydrogen (secondary N) is 2. The number of anilines is 1. The molecule has 0 aliphatic heterocycles. The summed E-state index contributed by atoms with van der Waals surface area (Å²) in [7, 11) is 1.29. The van der Waals surface area contributed by atoms with Gasteiger partial charge in [0.15, 0.2) is 0 Å². The van der Waals surface area contributed by atoms with Gasteiger partial charge in [0.25, 0.3) is 0 Å². The summed E-state index contributed by atoms with van der Waals surface area (Å²) in [5.74, 6) is 0.278. The molecule has 0 aliphatic carbocycles. The van der Waals surface area contributed by atoms with E-state index in [1.54, 1.807) is 36.0 Å². The minimum Gasteiger partial charge on any atom is -0.467 e. The van der Waals surface area contributed by atoms with E-state index in [0.29, 0.717) is 17.1 Å². The third-order valence-electron chi connectivity index (χ3n) is 2.52. The van der Waals surface area contributed by atoms with E-state index in [2.05, 4.69) is 15.4 Å². The molecule has 2 N–H and O–H groups in total. The molecule has 1 aromatic carbocycles. The van der Waals surface area contributed by atoms with Gasteiger partial charge in [-0.25, -0.2) is 9.59 Å². The smallest absolute Gasteiger partial charge is 0.328 e. The summed E-state index contributed by atoms with van der Waals surface area (Å²) in [6.45, 7) is 0. The van der Waals surface area contributed by atoms with Crippen molar-refractivity contribution in [3.63, 3.8) is 0 Å². The van der Waals surface area contributed by atoms with Gasteiger partial charge in [-0.3, -0.25) is 0 Å². The summed E-state index contributed by atoms with van der Waals surface area (Å²) in [4.78, 5) is 23.4. The first-order chi connectivity index (χ1) is 9.58. The molecule has 0 heterocycles. The number of esters is 1. The molecule has 0 fully saturated rings. The van der Waals surface area contributed by atoms with E-state index >= 15 is 0 Å². The molecule has 0 radical (unpaired) electrons. The molecule has 0 spiro atoms. The van der Waals surface area contributed by atoms with Crippen LogP contribution in [-0.2, 0) is 9.53 Å². The number of ether oxygens (including phenoxy) is 1. The van der Waals surface area contributed by atoms with Crippen LogP contribution in [0.3, 0.4) is 0 Å². The van der Waals surface area contributed by atoms with Crippen molar-refractivity contribution < 1.29 is 14.3 Å². The van der Waals surface area contributed by atoms with E-state index in [4.69, 9.17) is 11.6 Å². The van der Waals surface area contributed by atoms with Crippen LogP contribution >= 0.6 is 23.4 Å². The van der Waals surface area contributed by atoms with Crippen LogP contribution in [0.4, 0.5) is 10.5 Å². The fourth-order valence-corrected chi connectivity index (χ4v) is 2.16. The Morgan fingerprint density at radius 3 is 2.70 bits per heavy atom. The van der Waals surface area contributed by atoms with Gasteiger partial charge in [0.1, 0.15) is 6.04 Å². The highest BCUT2D eigenvalue weighted by molar-refractivity contribution is 7.98. The second-order valence-electron chi connectivity index (χ2n) is 3.94. The first kappa shape index (κ1) is 16.7. The van der Waals surface area contributed by atoms with E-state index < -0.39 is 18.0 Å². The Bertz CT molecular complexity index is 471. The standard InChI is InChI=1S/C13H17ClN2O3S/c1-19-12(17)11(7-8-20-2)16-13(18)15-10-6-4-3-5-9(10)14/h3-6,11H,7-8H2,1-2H3,(H2,15,16,18). The number of amides is 2. The maximum atomic E-state index is 11.9. The Balaban J connectivity index is 2.61. The summed E-state index contributed by atoms with van der Waals surface area (Å²) >= 11 is 7.53. The zero-order chi connectivity index (χ0) is 15.0. The van der Waals surface area contributed by atoms with Crippen molar-refractivity contribution in [2.75, 3.05) is 24.4 Å². The van der Waals surface area contributed by atoms with Crippen LogP contribution in [0, 0.1) is 0 Å². The summed E-state index contributed by atoms with van der Waals surface area (Å²) in [5.41, 5.74) is 0.486. The summed E-state index contributed by atoms with van der Waals surface area (Å²) in [6, 6.07) is 5.71. The van der Waals surface area contributed by atoms with Gasteiger partial charge in [-0.05, 0) is 30.6 Å². The number of thioether (sulfide) groups is 1. The lowest BCUT2D eigenvalue weighted by atomic mass is 10.2. The lowest BCUT2D eigenvalue weighted by Gasteiger charge is -2.16. The van der Waals surface area contributed by atoms with Gasteiger partial charge in [0.05, 0.1) is 17.8 Å². The number of para-hydroxylation sites is 1. The van der Waals surface area contributed by atoms with E-state index in [0.717, 1.165) is 5.75 Å². The number of rotatable bonds is 6. The molecule has 1 atom stereocenters. The second-order valence-corrected chi connectivity index (χ2v) is 5.33. The molecule has 110 valence electrons. The number of carbonyl (C=O) groups is 2. The Labute approximate surface area is 127 Å². The summed E-state index contributed by atoms with van der Waals surface area (Å²) < 4.78 is 4.67. The van der Waals surface area contributed by atoms with Gasteiger partial charge in [0, 0.05) is 0 Å². The number of hydrogen-bond donors (Lipinski definition) is 2. The van der Waals surface area contributed by atoms with Crippen LogP contribution in [0.1, 0.15) is 6.42 Å². The highest BCUT2D eigenvalue weighted by atomic mass is 35.5. The third-order valence-corrected chi connectivity index (χ3v) is 3.50. The molecule has 0 saturated carbocycles. The number of methoxy groups -OCH3 is 1. The quantitative estimate of drug-likeness (QED) is 0.792. The average Bonchev–Trinajstić information content (AvgIpc) is 2.45. The first-order valence-corrected chi connectivity index (χ1v) is 7.74. The minimum atomic E-state index is -0.671. The van der Waals surface area contributed by atoms with Gasteiger partial charge in [-0.2, -0.15) is 11.8 Å². The third kappa shape index (κ3) is 5.30. The molecule has 20 heavy (non-hydrogen) atoms. The molecule has 2 amide bonds. The zero-order valence-electron chi connectivity index (χ0n) is 11.3. The van der Waals surface area contributed by atoms with E-state index in [1.165, 1.54) is 7.11 Å². The Morgan fingerprint density at radius 2 is 2.10 bits per heavy atom. The van der Waals surface area contributed by atoms with Crippen molar-refractivity contribution in [1.29, 1.82) is 0 Å². The molecule has 0 saturated heterocycles. The van der Waals surface area contributed by atoms with Gasteiger partial charge in [-0.1, -0.05) is 23.7 Å². The van der Waals surface area contributed by atoms with Crippen molar-refractivity contribution in [2.24, 2.45) is 0 Å². The normalized spacial score (nSPS) is 11.6. The monoisotopic (exact) mass is 316 g/mol. The lowest BCUT2D eigenvalue weighted by molar-refractivity contribution is -0.142. The molecule has 5 nitrogen and oxygen atoms in total. The fourth-order valence-electron chi connectivity index (χ4n) is 1.51. The second kappa shape index (κ2) is 8.71. The van der Waals surface area contributed by atoms with E-state index in [1.807, 2.05) is 6.26 Å². The Hall–Kier alpha value is -1.40. The number of urea groups is 1. The van der Waals surface area contributed by atoms with Gasteiger partial charge >= 0.3 is 12.0 Å². The van der Waals surface area contributed by atoms with Crippen LogP contribution in [0.15, 0.2) is 24.3 Å². The highest BCUT2D eigenvalue weighted by Crippen LogP contribution is 2.20. The molecular weight excluding hydrogens is 300 g/mol. The van der Waals surface area contributed by atoms with Gasteiger partial charge < -0.3 is 15.4 Å². The number of halogens is 1. The number of benzene rings is 1. The van der Waals surface area contributed by atoms with Crippen molar-refractivity contribution in [2.45, 2.75) is 12.5 Å². The maximum Gasteiger partial charge on any atom is 0.328 e. The van der Waals surface area contributed by atoms with E-state index in [-0.39, 0.29) is 0 Å². The van der Waals surface area contributed by atoms with E-state index in [9.17, 15) is 9.59 Å². The highest BCUT2D eigenvalue weighted by Gasteiger charge is 2.21. The van der Waals surface area contributed by atoms with Crippen LogP contribution in [0.25, 0.3) is 0 Å². The van der Waals surface area contributed by atoms with Gasteiger partial charge in [0.2, 0.25) is 0 Å². The predicted octanol–water partition coefficient (Wildman–Crippen LogP) is 2.76.